The maximum absolute atomic E-state index is 11.4. The van der Waals surface area contributed by atoms with Gasteiger partial charge in [0, 0.05) is 0 Å². The number of hydrogen-bond acceptors (Lipinski definition) is 2. The van der Waals surface area contributed by atoms with Crippen LogP contribution in [-0.4, -0.2) is 37.9 Å². The molecule has 0 spiro atoms. The summed E-state index contributed by atoms with van der Waals surface area (Å²) in [6.07, 6.45) is 9.49. The first kappa shape index (κ1) is 29.9. The normalized spacial score (nSPS) is 14.7. The van der Waals surface area contributed by atoms with Crippen LogP contribution in [0, 0.1) is 0 Å². The molecule has 0 saturated heterocycles. The van der Waals surface area contributed by atoms with Gasteiger partial charge in [-0.1, -0.05) is 0 Å². The Morgan fingerprint density at radius 3 is 1.69 bits per heavy atom. The Labute approximate surface area is 205 Å². The number of aliphatic hydroxyl groups excluding tert-OH is 1. The molecule has 2 atom stereocenters. The van der Waals surface area contributed by atoms with E-state index in [-0.39, 0.29) is 6.10 Å². The molecule has 0 aliphatic carbocycles. The van der Waals surface area contributed by atoms with E-state index in [0.29, 0.717) is 0 Å². The van der Waals surface area contributed by atoms with Crippen molar-refractivity contribution < 1.29 is 9.53 Å². The Balaban J connectivity index is 3.33. The van der Waals surface area contributed by atoms with Gasteiger partial charge in [-0.3, -0.25) is 0 Å². The van der Waals surface area contributed by atoms with E-state index in [9.17, 15) is 5.11 Å². The Bertz CT molecular complexity index is 585. The molecule has 1 rings (SSSR count). The summed E-state index contributed by atoms with van der Waals surface area (Å²) in [5, 5.41) is 11.4. The summed E-state index contributed by atoms with van der Waals surface area (Å²) in [7, 11) is -1.84. The van der Waals surface area contributed by atoms with Gasteiger partial charge in [0.05, 0.1) is 0 Å². The topological polar surface area (TPSA) is 29.5 Å². The zero-order chi connectivity index (χ0) is 23.9. The minimum atomic E-state index is -2.43. The molecular formula is C28H52O2SiSn. The molecule has 1 N–H and O–H groups in total. The molecule has 0 aromatic heterocycles. The predicted molar refractivity (Wildman–Crippen MR) is 148 cm³/mol. The second-order valence-corrected chi connectivity index (χ2v) is 27.4. The van der Waals surface area contributed by atoms with Crippen molar-refractivity contribution >= 4 is 26.7 Å². The SMILES string of the molecule is CCC[CH2][Sn](/[CH]=C/[C@@H](O[Si](CC)(CC)CC)[C@H](O)c1ccccc1)([CH2]CCC)[CH2]CCC. The summed E-state index contributed by atoms with van der Waals surface area (Å²) < 4.78 is 14.0. The summed E-state index contributed by atoms with van der Waals surface area (Å²) in [5.74, 6) is 0. The van der Waals surface area contributed by atoms with Crippen LogP contribution in [0.5, 0.6) is 0 Å². The standard InChI is InChI=1S/C16H25O2Si.3C4H9.Sn/c1-5-15(18-19(6-2,7-3)8-4)16(17)14-12-10-9-11-13-14;3*1-3-4-2;/h1,5,9-13,15-17H,6-8H2,2-4H3;3*1,3-4H2,2H3;/t15-,16-;;;;/m1..../s1. The van der Waals surface area contributed by atoms with Crippen molar-refractivity contribution in [3.05, 3.63) is 46.1 Å². The average Bonchev–Trinajstić information content (AvgIpc) is 2.85. The monoisotopic (exact) mass is 568 g/mol. The van der Waals surface area contributed by atoms with Gasteiger partial charge in [-0.25, -0.2) is 0 Å². The summed E-state index contributed by atoms with van der Waals surface area (Å²) in [4.78, 5) is 0. The quantitative estimate of drug-likeness (QED) is 0.179. The van der Waals surface area contributed by atoms with E-state index in [2.05, 4.69) is 51.7 Å². The first-order valence-corrected chi connectivity index (χ1v) is 23.8. The van der Waals surface area contributed by atoms with Crippen LogP contribution in [0.2, 0.25) is 31.4 Å². The summed E-state index contributed by atoms with van der Waals surface area (Å²) in [5.41, 5.74) is 0.977. The Morgan fingerprint density at radius 1 is 0.812 bits per heavy atom. The molecule has 0 bridgehead atoms. The molecule has 0 aliphatic heterocycles. The summed E-state index contributed by atoms with van der Waals surface area (Å²) in [6.45, 7) is 13.8. The van der Waals surface area contributed by atoms with E-state index in [4.69, 9.17) is 4.43 Å². The maximum atomic E-state index is 11.4. The number of unbranched alkanes of at least 4 members (excludes halogenated alkanes) is 3. The van der Waals surface area contributed by atoms with Crippen LogP contribution in [0.15, 0.2) is 40.5 Å². The molecule has 0 amide bonds. The van der Waals surface area contributed by atoms with Gasteiger partial charge in [-0.2, -0.15) is 0 Å². The fourth-order valence-corrected chi connectivity index (χ4v) is 22.0. The van der Waals surface area contributed by atoms with E-state index in [1.807, 2.05) is 30.3 Å². The van der Waals surface area contributed by atoms with Gasteiger partial charge in [-0.05, 0) is 0 Å². The van der Waals surface area contributed by atoms with Crippen LogP contribution >= 0.6 is 0 Å². The van der Waals surface area contributed by atoms with Gasteiger partial charge in [-0.15, -0.1) is 0 Å². The van der Waals surface area contributed by atoms with Crippen LogP contribution in [0.1, 0.15) is 91.7 Å². The second kappa shape index (κ2) is 16.5. The molecule has 0 saturated carbocycles. The minimum absolute atomic E-state index is 0.218. The first-order valence-electron chi connectivity index (χ1n) is 13.6. The fourth-order valence-electron chi connectivity index (χ4n) is 4.85. The van der Waals surface area contributed by atoms with Crippen LogP contribution in [0.25, 0.3) is 0 Å². The van der Waals surface area contributed by atoms with Crippen molar-refractivity contribution in [2.45, 2.75) is 124 Å². The molecule has 0 unspecified atom stereocenters. The molecule has 4 heteroatoms. The Hall–Kier alpha value is -0.104. The molecule has 32 heavy (non-hydrogen) atoms. The van der Waals surface area contributed by atoms with E-state index in [1.54, 1.807) is 0 Å². The van der Waals surface area contributed by atoms with Crippen LogP contribution < -0.4 is 0 Å². The van der Waals surface area contributed by atoms with E-state index in [0.717, 1.165) is 23.7 Å². The van der Waals surface area contributed by atoms with E-state index in [1.165, 1.54) is 51.8 Å². The van der Waals surface area contributed by atoms with Crippen LogP contribution in [0.4, 0.5) is 0 Å². The van der Waals surface area contributed by atoms with Crippen LogP contribution in [-0.2, 0) is 4.43 Å². The number of hydrogen-bond donors (Lipinski definition) is 1. The van der Waals surface area contributed by atoms with Crippen molar-refractivity contribution in [3.8, 4) is 0 Å². The molecule has 0 fully saturated rings. The third-order valence-corrected chi connectivity index (χ3v) is 26.3. The molecule has 1 aromatic rings. The van der Waals surface area contributed by atoms with Crippen LogP contribution in [0.3, 0.4) is 0 Å². The van der Waals surface area contributed by atoms with E-state index < -0.39 is 32.8 Å². The second-order valence-electron chi connectivity index (χ2n) is 9.71. The number of aliphatic hydroxyl groups is 1. The van der Waals surface area contributed by atoms with E-state index >= 15 is 0 Å². The Morgan fingerprint density at radius 2 is 1.28 bits per heavy atom. The molecule has 1 aromatic carbocycles. The summed E-state index contributed by atoms with van der Waals surface area (Å²) >= 11 is -2.43. The molecule has 0 heterocycles. The van der Waals surface area contributed by atoms with Crippen molar-refractivity contribution in [1.82, 2.24) is 0 Å². The molecule has 2 nitrogen and oxygen atoms in total. The van der Waals surface area contributed by atoms with Gasteiger partial charge in [0.1, 0.15) is 0 Å². The summed E-state index contributed by atoms with van der Waals surface area (Å²) in [6, 6.07) is 13.5. The first-order chi connectivity index (χ1) is 15.4. The third kappa shape index (κ3) is 9.64. The molecule has 0 aliphatic rings. The molecule has 184 valence electrons. The zero-order valence-electron chi connectivity index (χ0n) is 22.0. The van der Waals surface area contributed by atoms with Gasteiger partial charge in [0.2, 0.25) is 0 Å². The van der Waals surface area contributed by atoms with Gasteiger partial charge < -0.3 is 0 Å². The third-order valence-electron chi connectivity index (χ3n) is 7.50. The molecule has 0 radical (unpaired) electrons. The van der Waals surface area contributed by atoms with Crippen molar-refractivity contribution in [1.29, 1.82) is 0 Å². The van der Waals surface area contributed by atoms with Gasteiger partial charge >= 0.3 is 206 Å². The average molecular weight is 568 g/mol. The Kier molecular flexibility index (Phi) is 15.4. The van der Waals surface area contributed by atoms with Crippen molar-refractivity contribution in [2.75, 3.05) is 0 Å². The zero-order valence-corrected chi connectivity index (χ0v) is 25.9. The van der Waals surface area contributed by atoms with Crippen molar-refractivity contribution in [3.63, 3.8) is 0 Å². The predicted octanol–water partition coefficient (Wildman–Crippen LogP) is 9.05. The fraction of sp³-hybridized carbons (Fsp3) is 0.714. The molecular weight excluding hydrogens is 515 g/mol. The van der Waals surface area contributed by atoms with Gasteiger partial charge in [0.15, 0.2) is 0 Å². The van der Waals surface area contributed by atoms with Gasteiger partial charge in [0.25, 0.3) is 0 Å². The number of benzene rings is 1. The van der Waals surface area contributed by atoms with Crippen molar-refractivity contribution in [2.24, 2.45) is 0 Å². The number of rotatable bonds is 18.